The maximum atomic E-state index is 10.4. The summed E-state index contributed by atoms with van der Waals surface area (Å²) < 4.78 is 5.43. The maximum Gasteiger partial charge on any atom is 0.306 e. The lowest BCUT2D eigenvalue weighted by Gasteiger charge is -2.03. The van der Waals surface area contributed by atoms with E-state index in [0.29, 0.717) is 17.6 Å². The Kier molecular flexibility index (Phi) is 2.52. The van der Waals surface area contributed by atoms with Crippen molar-refractivity contribution in [1.82, 2.24) is 0 Å². The predicted octanol–water partition coefficient (Wildman–Crippen LogP) is 1.91. The summed E-state index contributed by atoms with van der Waals surface area (Å²) in [6, 6.07) is 3.49. The number of hydrogen-bond acceptors (Lipinski definition) is 3. The minimum absolute atomic E-state index is 0.312. The second-order valence-electron chi connectivity index (χ2n) is 4.17. The van der Waals surface area contributed by atoms with Gasteiger partial charge in [-0.1, -0.05) is 6.92 Å². The minimum atomic E-state index is -1.04. The van der Waals surface area contributed by atoms with E-state index in [4.69, 9.17) is 9.52 Å². The van der Waals surface area contributed by atoms with Crippen LogP contribution in [0.5, 0.6) is 0 Å². The van der Waals surface area contributed by atoms with Crippen molar-refractivity contribution >= 4 is 5.97 Å². The number of carboxylic acids is 1. The van der Waals surface area contributed by atoms with Gasteiger partial charge >= 0.3 is 5.97 Å². The lowest BCUT2D eigenvalue weighted by molar-refractivity contribution is -0.139. The van der Waals surface area contributed by atoms with Crippen molar-refractivity contribution in [3.8, 4) is 0 Å². The summed E-state index contributed by atoms with van der Waals surface area (Å²) in [4.78, 5) is 10.4. The molecule has 15 heavy (non-hydrogen) atoms. The molecule has 1 saturated carbocycles. The van der Waals surface area contributed by atoms with Gasteiger partial charge in [0.25, 0.3) is 0 Å². The Bertz CT molecular complexity index is 368. The molecule has 1 aliphatic rings. The summed E-state index contributed by atoms with van der Waals surface area (Å²) in [6.07, 6.45) is -0.236. The Morgan fingerprint density at radius 1 is 1.67 bits per heavy atom. The predicted molar refractivity (Wildman–Crippen MR) is 52.4 cm³/mol. The molecule has 0 spiro atoms. The van der Waals surface area contributed by atoms with Gasteiger partial charge in [-0.15, -0.1) is 0 Å². The summed E-state index contributed by atoms with van der Waals surface area (Å²) >= 11 is 0. The maximum absolute atomic E-state index is 10.4. The molecular weight excluding hydrogens is 196 g/mol. The van der Waals surface area contributed by atoms with E-state index >= 15 is 0 Å². The number of carbonyl (C=O) groups is 1. The molecule has 1 aliphatic carbocycles. The Balaban J connectivity index is 2.03. The van der Waals surface area contributed by atoms with Gasteiger partial charge in [0.05, 0.1) is 6.42 Å². The zero-order chi connectivity index (χ0) is 11.0. The smallest absolute Gasteiger partial charge is 0.306 e. The lowest BCUT2D eigenvalue weighted by atomic mass is 10.2. The molecule has 1 aromatic heterocycles. The van der Waals surface area contributed by atoms with Gasteiger partial charge in [0.2, 0.25) is 0 Å². The summed E-state index contributed by atoms with van der Waals surface area (Å²) in [7, 11) is 0. The molecule has 4 heteroatoms. The van der Waals surface area contributed by atoms with E-state index in [1.165, 1.54) is 0 Å². The van der Waals surface area contributed by atoms with Gasteiger partial charge in [-0.05, 0) is 24.5 Å². The highest BCUT2D eigenvalue weighted by molar-refractivity contribution is 5.67. The molecule has 1 heterocycles. The molecule has 0 saturated heterocycles. The zero-order valence-electron chi connectivity index (χ0n) is 8.51. The molecule has 82 valence electrons. The number of rotatable bonds is 4. The Morgan fingerprint density at radius 2 is 2.33 bits per heavy atom. The van der Waals surface area contributed by atoms with E-state index in [-0.39, 0.29) is 6.42 Å². The average Bonchev–Trinajstić information content (AvgIpc) is 2.70. The van der Waals surface area contributed by atoms with Crippen LogP contribution in [0.4, 0.5) is 0 Å². The number of carboxylic acid groups (broad SMARTS) is 1. The molecule has 1 fully saturated rings. The SMILES string of the molecule is CC1CC1c1ccc([C@@H](O)CC(=O)O)o1. The van der Waals surface area contributed by atoms with Gasteiger partial charge < -0.3 is 14.6 Å². The first-order valence-corrected chi connectivity index (χ1v) is 5.07. The number of aliphatic hydroxyl groups excluding tert-OH is 1. The molecule has 0 aromatic carbocycles. The number of aliphatic hydroxyl groups is 1. The Morgan fingerprint density at radius 3 is 2.87 bits per heavy atom. The fraction of sp³-hybridized carbons (Fsp3) is 0.545. The van der Waals surface area contributed by atoms with Crippen LogP contribution >= 0.6 is 0 Å². The van der Waals surface area contributed by atoms with Crippen LogP contribution in [0, 0.1) is 5.92 Å². The molecule has 2 rings (SSSR count). The van der Waals surface area contributed by atoms with Gasteiger partial charge in [-0.2, -0.15) is 0 Å². The highest BCUT2D eigenvalue weighted by Gasteiger charge is 2.36. The van der Waals surface area contributed by atoms with Crippen molar-refractivity contribution in [2.75, 3.05) is 0 Å². The standard InChI is InChI=1S/C11H14O4/c1-6-4-7(6)9-2-3-10(15-9)8(12)5-11(13)14/h2-3,6-8,12H,4-5H2,1H3,(H,13,14)/t6?,7?,8-/m0/s1. The van der Waals surface area contributed by atoms with Crippen LogP contribution in [-0.2, 0) is 4.79 Å². The molecule has 2 N–H and O–H groups in total. The second-order valence-corrected chi connectivity index (χ2v) is 4.17. The van der Waals surface area contributed by atoms with Crippen LogP contribution in [0.1, 0.15) is 43.3 Å². The van der Waals surface area contributed by atoms with Gasteiger partial charge in [0, 0.05) is 5.92 Å². The van der Waals surface area contributed by atoms with E-state index in [0.717, 1.165) is 12.2 Å². The van der Waals surface area contributed by atoms with E-state index in [2.05, 4.69) is 6.92 Å². The first kappa shape index (κ1) is 10.2. The molecule has 4 nitrogen and oxygen atoms in total. The van der Waals surface area contributed by atoms with Crippen molar-refractivity contribution in [1.29, 1.82) is 0 Å². The Hall–Kier alpha value is -1.29. The average molecular weight is 210 g/mol. The third-order valence-corrected chi connectivity index (χ3v) is 2.82. The normalized spacial score (nSPS) is 26.3. The lowest BCUT2D eigenvalue weighted by Crippen LogP contribution is -2.04. The van der Waals surface area contributed by atoms with Gasteiger partial charge in [0.15, 0.2) is 0 Å². The second kappa shape index (κ2) is 3.70. The van der Waals surface area contributed by atoms with Crippen LogP contribution < -0.4 is 0 Å². The molecule has 3 atom stereocenters. The molecule has 0 aliphatic heterocycles. The van der Waals surface area contributed by atoms with Crippen molar-refractivity contribution in [2.45, 2.75) is 31.8 Å². The van der Waals surface area contributed by atoms with Crippen molar-refractivity contribution in [2.24, 2.45) is 5.92 Å². The summed E-state index contributed by atoms with van der Waals surface area (Å²) in [6.45, 7) is 2.14. The van der Waals surface area contributed by atoms with Gasteiger partial charge in [-0.3, -0.25) is 4.79 Å². The minimum Gasteiger partial charge on any atom is -0.481 e. The summed E-state index contributed by atoms with van der Waals surface area (Å²) in [5, 5.41) is 18.0. The monoisotopic (exact) mass is 210 g/mol. The zero-order valence-corrected chi connectivity index (χ0v) is 8.51. The van der Waals surface area contributed by atoms with Crippen molar-refractivity contribution in [3.05, 3.63) is 23.7 Å². The molecule has 1 aromatic rings. The van der Waals surface area contributed by atoms with E-state index < -0.39 is 12.1 Å². The fourth-order valence-electron chi connectivity index (χ4n) is 1.73. The number of hydrogen-bond donors (Lipinski definition) is 2. The van der Waals surface area contributed by atoms with Crippen LogP contribution in [0.25, 0.3) is 0 Å². The van der Waals surface area contributed by atoms with E-state index in [1.54, 1.807) is 6.07 Å². The molecule has 0 bridgehead atoms. The largest absolute Gasteiger partial charge is 0.481 e. The fourth-order valence-corrected chi connectivity index (χ4v) is 1.73. The highest BCUT2D eigenvalue weighted by atomic mass is 16.4. The highest BCUT2D eigenvalue weighted by Crippen LogP contribution is 2.47. The molecule has 2 unspecified atom stereocenters. The van der Waals surface area contributed by atoms with Gasteiger partial charge in [-0.25, -0.2) is 0 Å². The Labute approximate surface area is 87.5 Å². The summed E-state index contributed by atoms with van der Waals surface area (Å²) in [5.41, 5.74) is 0. The van der Waals surface area contributed by atoms with Gasteiger partial charge in [0.1, 0.15) is 17.6 Å². The first-order chi connectivity index (χ1) is 7.08. The van der Waals surface area contributed by atoms with Crippen molar-refractivity contribution < 1.29 is 19.4 Å². The number of aliphatic carboxylic acids is 1. The third kappa shape index (κ3) is 2.21. The van der Waals surface area contributed by atoms with E-state index in [9.17, 15) is 9.90 Å². The van der Waals surface area contributed by atoms with Crippen LogP contribution in [-0.4, -0.2) is 16.2 Å². The summed E-state index contributed by atoms with van der Waals surface area (Å²) in [5.74, 6) is 1.28. The van der Waals surface area contributed by atoms with Crippen molar-refractivity contribution in [3.63, 3.8) is 0 Å². The first-order valence-electron chi connectivity index (χ1n) is 5.07. The van der Waals surface area contributed by atoms with Crippen LogP contribution in [0.2, 0.25) is 0 Å². The molecule has 0 radical (unpaired) electrons. The molecule has 0 amide bonds. The van der Waals surface area contributed by atoms with Crippen LogP contribution in [0.3, 0.4) is 0 Å². The number of furan rings is 1. The van der Waals surface area contributed by atoms with Crippen LogP contribution in [0.15, 0.2) is 16.5 Å². The van der Waals surface area contributed by atoms with E-state index in [1.807, 2.05) is 6.07 Å². The molecular formula is C11H14O4. The topological polar surface area (TPSA) is 70.7 Å². The third-order valence-electron chi connectivity index (χ3n) is 2.82. The quantitative estimate of drug-likeness (QED) is 0.796.